The zero-order valence-electron chi connectivity index (χ0n) is 8.71. The van der Waals surface area contributed by atoms with E-state index in [4.69, 9.17) is 10.5 Å². The van der Waals surface area contributed by atoms with Crippen molar-refractivity contribution < 1.29 is 4.74 Å². The first-order chi connectivity index (χ1) is 7.90. The summed E-state index contributed by atoms with van der Waals surface area (Å²) < 4.78 is 5.42. The highest BCUT2D eigenvalue weighted by molar-refractivity contribution is 5.56. The minimum absolute atomic E-state index is 0.496. The molecule has 0 unspecified atom stereocenters. The lowest BCUT2D eigenvalue weighted by Crippen LogP contribution is -2.10. The van der Waals surface area contributed by atoms with Gasteiger partial charge in [0.2, 0.25) is 0 Å². The SMILES string of the molecule is NCCOc1cccc(-c2ncncn2)c1. The van der Waals surface area contributed by atoms with E-state index in [1.54, 1.807) is 0 Å². The molecule has 0 atom stereocenters. The average Bonchev–Trinajstić information content (AvgIpc) is 2.38. The molecule has 2 rings (SSSR count). The van der Waals surface area contributed by atoms with Crippen LogP contribution in [0.5, 0.6) is 5.75 Å². The monoisotopic (exact) mass is 216 g/mol. The molecule has 1 heterocycles. The van der Waals surface area contributed by atoms with Crippen LogP contribution in [0.25, 0.3) is 11.4 Å². The van der Waals surface area contributed by atoms with E-state index >= 15 is 0 Å². The zero-order chi connectivity index (χ0) is 11.2. The molecule has 0 spiro atoms. The van der Waals surface area contributed by atoms with E-state index in [0.29, 0.717) is 19.0 Å². The number of benzene rings is 1. The molecule has 5 nitrogen and oxygen atoms in total. The maximum atomic E-state index is 5.42. The normalized spacial score (nSPS) is 10.1. The van der Waals surface area contributed by atoms with Gasteiger partial charge in [0.1, 0.15) is 25.0 Å². The first-order valence-corrected chi connectivity index (χ1v) is 4.95. The van der Waals surface area contributed by atoms with Crippen molar-refractivity contribution in [2.24, 2.45) is 5.73 Å². The van der Waals surface area contributed by atoms with E-state index in [0.717, 1.165) is 11.3 Å². The molecule has 0 saturated carbocycles. The fourth-order valence-corrected chi connectivity index (χ4v) is 1.29. The van der Waals surface area contributed by atoms with Crippen molar-refractivity contribution >= 4 is 0 Å². The van der Waals surface area contributed by atoms with Crippen molar-refractivity contribution in [2.45, 2.75) is 0 Å². The molecule has 82 valence electrons. The summed E-state index contributed by atoms with van der Waals surface area (Å²) in [7, 11) is 0. The molecule has 1 aromatic carbocycles. The Morgan fingerprint density at radius 3 is 2.75 bits per heavy atom. The van der Waals surface area contributed by atoms with Gasteiger partial charge in [0, 0.05) is 12.1 Å². The lowest BCUT2D eigenvalue weighted by atomic mass is 10.2. The maximum Gasteiger partial charge on any atom is 0.162 e. The van der Waals surface area contributed by atoms with Crippen LogP contribution in [-0.4, -0.2) is 28.1 Å². The first-order valence-electron chi connectivity index (χ1n) is 4.95. The van der Waals surface area contributed by atoms with E-state index < -0.39 is 0 Å². The Morgan fingerprint density at radius 1 is 1.19 bits per heavy atom. The van der Waals surface area contributed by atoms with Gasteiger partial charge < -0.3 is 10.5 Å². The summed E-state index contributed by atoms with van der Waals surface area (Å²) in [6.07, 6.45) is 2.94. The number of aromatic nitrogens is 3. The van der Waals surface area contributed by atoms with Crippen molar-refractivity contribution in [1.29, 1.82) is 0 Å². The molecule has 0 aliphatic rings. The van der Waals surface area contributed by atoms with Crippen LogP contribution in [0.15, 0.2) is 36.9 Å². The lowest BCUT2D eigenvalue weighted by Gasteiger charge is -2.05. The van der Waals surface area contributed by atoms with Gasteiger partial charge >= 0.3 is 0 Å². The second kappa shape index (κ2) is 5.18. The van der Waals surface area contributed by atoms with Crippen molar-refractivity contribution in [2.75, 3.05) is 13.2 Å². The van der Waals surface area contributed by atoms with E-state index in [1.807, 2.05) is 24.3 Å². The molecule has 0 bridgehead atoms. The molecule has 5 heteroatoms. The Kier molecular flexibility index (Phi) is 3.40. The standard InChI is InChI=1S/C11H12N4O/c12-4-5-16-10-3-1-2-9(6-10)11-14-7-13-8-15-11/h1-3,6-8H,4-5,12H2. The Balaban J connectivity index is 2.22. The van der Waals surface area contributed by atoms with Gasteiger partial charge in [0.15, 0.2) is 5.82 Å². The van der Waals surface area contributed by atoms with E-state index in [-0.39, 0.29) is 0 Å². The summed E-state index contributed by atoms with van der Waals surface area (Å²) in [5.41, 5.74) is 6.27. The average molecular weight is 216 g/mol. The molecule has 16 heavy (non-hydrogen) atoms. The van der Waals surface area contributed by atoms with Gasteiger partial charge in [-0.05, 0) is 12.1 Å². The van der Waals surface area contributed by atoms with Crippen LogP contribution in [0.4, 0.5) is 0 Å². The van der Waals surface area contributed by atoms with Crippen LogP contribution in [0.1, 0.15) is 0 Å². The predicted molar refractivity (Wildman–Crippen MR) is 59.8 cm³/mol. The van der Waals surface area contributed by atoms with Gasteiger partial charge in [-0.1, -0.05) is 12.1 Å². The number of nitrogens with two attached hydrogens (primary N) is 1. The maximum absolute atomic E-state index is 5.42. The quantitative estimate of drug-likeness (QED) is 0.821. The molecule has 2 N–H and O–H groups in total. The fraction of sp³-hybridized carbons (Fsp3) is 0.182. The molecular weight excluding hydrogens is 204 g/mol. The van der Waals surface area contributed by atoms with Crippen LogP contribution in [0.3, 0.4) is 0 Å². The van der Waals surface area contributed by atoms with E-state index in [9.17, 15) is 0 Å². The van der Waals surface area contributed by atoms with Crippen LogP contribution in [0, 0.1) is 0 Å². The van der Waals surface area contributed by atoms with Crippen molar-refractivity contribution in [3.8, 4) is 17.1 Å². The van der Waals surface area contributed by atoms with Crippen LogP contribution in [-0.2, 0) is 0 Å². The second-order valence-electron chi connectivity index (χ2n) is 3.13. The predicted octanol–water partition coefficient (Wildman–Crippen LogP) is 0.876. The third kappa shape index (κ3) is 2.52. The molecule has 0 aliphatic heterocycles. The Labute approximate surface area is 93.3 Å². The van der Waals surface area contributed by atoms with Crippen LogP contribution >= 0.6 is 0 Å². The summed E-state index contributed by atoms with van der Waals surface area (Å²) in [6.45, 7) is 0.997. The second-order valence-corrected chi connectivity index (χ2v) is 3.13. The molecule has 0 aliphatic carbocycles. The molecule has 1 aromatic heterocycles. The zero-order valence-corrected chi connectivity index (χ0v) is 8.71. The smallest absolute Gasteiger partial charge is 0.162 e. The van der Waals surface area contributed by atoms with Gasteiger partial charge in [0.25, 0.3) is 0 Å². The summed E-state index contributed by atoms with van der Waals surface area (Å²) in [4.78, 5) is 11.9. The summed E-state index contributed by atoms with van der Waals surface area (Å²) >= 11 is 0. The third-order valence-electron chi connectivity index (χ3n) is 1.97. The summed E-state index contributed by atoms with van der Waals surface area (Å²) in [6, 6.07) is 7.57. The van der Waals surface area contributed by atoms with Crippen molar-refractivity contribution in [3.63, 3.8) is 0 Å². The highest BCUT2D eigenvalue weighted by Gasteiger charge is 2.01. The number of rotatable bonds is 4. The highest BCUT2D eigenvalue weighted by atomic mass is 16.5. The molecule has 0 fully saturated rings. The summed E-state index contributed by atoms with van der Waals surface area (Å²) in [5.74, 6) is 1.40. The largest absolute Gasteiger partial charge is 0.492 e. The van der Waals surface area contributed by atoms with Gasteiger partial charge in [-0.2, -0.15) is 0 Å². The van der Waals surface area contributed by atoms with Gasteiger partial charge in [-0.25, -0.2) is 15.0 Å². The number of hydrogen-bond donors (Lipinski definition) is 1. The van der Waals surface area contributed by atoms with Gasteiger partial charge in [-0.3, -0.25) is 0 Å². The van der Waals surface area contributed by atoms with Crippen molar-refractivity contribution in [1.82, 2.24) is 15.0 Å². The highest BCUT2D eigenvalue weighted by Crippen LogP contribution is 2.19. The number of ether oxygens (including phenoxy) is 1. The minimum atomic E-state index is 0.496. The summed E-state index contributed by atoms with van der Waals surface area (Å²) in [5, 5.41) is 0. The van der Waals surface area contributed by atoms with Gasteiger partial charge in [-0.15, -0.1) is 0 Å². The molecule has 0 radical (unpaired) electrons. The Morgan fingerprint density at radius 2 is 2.00 bits per heavy atom. The van der Waals surface area contributed by atoms with Gasteiger partial charge in [0.05, 0.1) is 0 Å². The van der Waals surface area contributed by atoms with Crippen molar-refractivity contribution in [3.05, 3.63) is 36.9 Å². The minimum Gasteiger partial charge on any atom is -0.492 e. The fourth-order valence-electron chi connectivity index (χ4n) is 1.29. The number of nitrogens with zero attached hydrogens (tertiary/aromatic N) is 3. The van der Waals surface area contributed by atoms with Crippen LogP contribution in [0.2, 0.25) is 0 Å². The topological polar surface area (TPSA) is 73.9 Å². The van der Waals surface area contributed by atoms with Crippen LogP contribution < -0.4 is 10.5 Å². The molecule has 0 saturated heterocycles. The Bertz CT molecular complexity index is 447. The third-order valence-corrected chi connectivity index (χ3v) is 1.97. The number of hydrogen-bond acceptors (Lipinski definition) is 5. The van der Waals surface area contributed by atoms with E-state index in [2.05, 4.69) is 15.0 Å². The lowest BCUT2D eigenvalue weighted by molar-refractivity contribution is 0.328. The molecule has 2 aromatic rings. The molecular formula is C11H12N4O. The van der Waals surface area contributed by atoms with E-state index in [1.165, 1.54) is 12.7 Å². The Hall–Kier alpha value is -2.01. The first kappa shape index (κ1) is 10.5. The molecule has 0 amide bonds.